The molecule has 0 spiro atoms. The predicted octanol–water partition coefficient (Wildman–Crippen LogP) is 4.02. The van der Waals surface area contributed by atoms with Gasteiger partial charge < -0.3 is 24.2 Å². The molecule has 8 heteroatoms. The van der Waals surface area contributed by atoms with Crippen molar-refractivity contribution in [2.75, 3.05) is 52.6 Å². The van der Waals surface area contributed by atoms with Gasteiger partial charge in [-0.25, -0.2) is 0 Å². The van der Waals surface area contributed by atoms with Gasteiger partial charge in [-0.2, -0.15) is 0 Å². The number of Topliss-reactive ketones (excluding diaryl/α,β-unsaturated/α-hetero) is 1. The number of aliphatic hydroxyl groups excluding tert-OH is 1. The topological polar surface area (TPSA) is 88.5 Å². The number of rotatable bonds is 11. The summed E-state index contributed by atoms with van der Waals surface area (Å²) in [7, 11) is 0. The summed E-state index contributed by atoms with van der Waals surface area (Å²) in [5.74, 6) is -0.0756. The van der Waals surface area contributed by atoms with Gasteiger partial charge in [0.15, 0.2) is 0 Å². The van der Waals surface area contributed by atoms with Crippen LogP contribution in [0, 0.1) is 0 Å². The Labute approximate surface area is 218 Å². The van der Waals surface area contributed by atoms with Crippen LogP contribution in [0.4, 0.5) is 0 Å². The highest BCUT2D eigenvalue weighted by molar-refractivity contribution is 6.46. The predicted molar refractivity (Wildman–Crippen MR) is 141 cm³/mol. The minimum absolute atomic E-state index is 0.0933. The number of benzene rings is 2. The molecule has 2 aromatic carbocycles. The molecule has 2 aromatic rings. The summed E-state index contributed by atoms with van der Waals surface area (Å²) in [6.45, 7) is 9.01. The number of unbranched alkanes of at least 4 members (excludes halogenated alkanes) is 1. The maximum atomic E-state index is 13.3. The molecule has 0 aromatic heterocycles. The van der Waals surface area contributed by atoms with Crippen molar-refractivity contribution in [2.24, 2.45) is 0 Å². The van der Waals surface area contributed by atoms with E-state index in [1.165, 1.54) is 0 Å². The zero-order valence-corrected chi connectivity index (χ0v) is 21.7. The van der Waals surface area contributed by atoms with Crippen LogP contribution in [0.2, 0.25) is 0 Å². The Morgan fingerprint density at radius 2 is 1.59 bits per heavy atom. The lowest BCUT2D eigenvalue weighted by Gasteiger charge is -2.31. The highest BCUT2D eigenvalue weighted by Crippen LogP contribution is 2.40. The molecule has 2 saturated heterocycles. The fourth-order valence-electron chi connectivity index (χ4n) is 4.64. The van der Waals surface area contributed by atoms with Crippen molar-refractivity contribution in [3.8, 4) is 11.5 Å². The first kappa shape index (κ1) is 26.7. The molecule has 2 aliphatic heterocycles. The Morgan fingerprint density at radius 1 is 0.946 bits per heavy atom. The zero-order valence-electron chi connectivity index (χ0n) is 21.7. The lowest BCUT2D eigenvalue weighted by Crippen LogP contribution is -2.42. The third kappa shape index (κ3) is 6.32. The Bertz CT molecular complexity index is 1090. The molecule has 0 bridgehead atoms. The first-order valence-corrected chi connectivity index (χ1v) is 13.1. The molecule has 4 rings (SSSR count). The third-order valence-electron chi connectivity index (χ3n) is 6.70. The van der Waals surface area contributed by atoms with Gasteiger partial charge in [-0.05, 0) is 55.3 Å². The lowest BCUT2D eigenvalue weighted by atomic mass is 9.95. The summed E-state index contributed by atoms with van der Waals surface area (Å²) in [6, 6.07) is 13.6. The molecule has 8 nitrogen and oxygen atoms in total. The van der Waals surface area contributed by atoms with Crippen molar-refractivity contribution in [1.82, 2.24) is 9.80 Å². The van der Waals surface area contributed by atoms with E-state index < -0.39 is 17.7 Å². The Hall–Kier alpha value is -3.36. The van der Waals surface area contributed by atoms with E-state index in [2.05, 4.69) is 11.8 Å². The van der Waals surface area contributed by atoms with Gasteiger partial charge in [0.25, 0.3) is 11.7 Å². The van der Waals surface area contributed by atoms with Crippen molar-refractivity contribution in [3.05, 3.63) is 65.2 Å². The SMILES string of the molecule is CCCCOc1ccc(C2/C(=C(\O)c3ccc(OCC)cc3)C(=O)C(=O)N2CCN2CCOCC2)cc1. The molecule has 1 unspecified atom stereocenters. The number of morpholine rings is 1. The quantitative estimate of drug-likeness (QED) is 0.212. The zero-order chi connectivity index (χ0) is 26.2. The number of hydrogen-bond acceptors (Lipinski definition) is 7. The number of hydrogen-bond donors (Lipinski definition) is 1. The normalized spacial score (nSPS) is 19.8. The number of aliphatic hydroxyl groups is 1. The number of amides is 1. The number of carbonyl (C=O) groups is 2. The molecule has 0 saturated carbocycles. The van der Waals surface area contributed by atoms with E-state index in [9.17, 15) is 14.7 Å². The molecule has 0 radical (unpaired) electrons. The van der Waals surface area contributed by atoms with Crippen molar-refractivity contribution >= 4 is 17.4 Å². The number of ketones is 1. The summed E-state index contributed by atoms with van der Waals surface area (Å²) >= 11 is 0. The van der Waals surface area contributed by atoms with Crippen LogP contribution in [-0.4, -0.2) is 79.2 Å². The summed E-state index contributed by atoms with van der Waals surface area (Å²) in [5, 5.41) is 11.3. The number of ether oxygens (including phenoxy) is 3. The fourth-order valence-corrected chi connectivity index (χ4v) is 4.64. The number of nitrogens with zero attached hydrogens (tertiary/aromatic N) is 2. The maximum Gasteiger partial charge on any atom is 0.295 e. The second-order valence-electron chi connectivity index (χ2n) is 9.17. The summed E-state index contributed by atoms with van der Waals surface area (Å²) in [6.07, 6.45) is 2.01. The molecule has 198 valence electrons. The van der Waals surface area contributed by atoms with Crippen LogP contribution in [0.3, 0.4) is 0 Å². The Kier molecular flexibility index (Phi) is 9.19. The van der Waals surface area contributed by atoms with Crippen molar-refractivity contribution < 1.29 is 28.9 Å². The minimum atomic E-state index is -0.697. The van der Waals surface area contributed by atoms with Crippen molar-refractivity contribution in [3.63, 3.8) is 0 Å². The molecular formula is C29H36N2O6. The van der Waals surface area contributed by atoms with Crippen LogP contribution in [0.1, 0.15) is 43.9 Å². The van der Waals surface area contributed by atoms with Crippen LogP contribution in [0.25, 0.3) is 5.76 Å². The summed E-state index contributed by atoms with van der Waals surface area (Å²) in [5.41, 5.74) is 1.30. The van der Waals surface area contributed by atoms with E-state index in [4.69, 9.17) is 14.2 Å². The van der Waals surface area contributed by atoms with Crippen molar-refractivity contribution in [1.29, 1.82) is 0 Å². The van der Waals surface area contributed by atoms with Gasteiger partial charge >= 0.3 is 0 Å². The van der Waals surface area contributed by atoms with E-state index in [-0.39, 0.29) is 11.3 Å². The molecule has 37 heavy (non-hydrogen) atoms. The van der Waals surface area contributed by atoms with Crippen molar-refractivity contribution in [2.45, 2.75) is 32.7 Å². The molecule has 1 amide bonds. The van der Waals surface area contributed by atoms with Gasteiger partial charge in [-0.1, -0.05) is 25.5 Å². The van der Waals surface area contributed by atoms with Gasteiger partial charge in [0.2, 0.25) is 0 Å². The Morgan fingerprint density at radius 3 is 2.24 bits per heavy atom. The fraction of sp³-hybridized carbons (Fsp3) is 0.448. The summed E-state index contributed by atoms with van der Waals surface area (Å²) in [4.78, 5) is 30.3. The molecular weight excluding hydrogens is 472 g/mol. The molecule has 2 fully saturated rings. The first-order valence-electron chi connectivity index (χ1n) is 13.1. The van der Waals surface area contributed by atoms with Crippen LogP contribution in [0.5, 0.6) is 11.5 Å². The maximum absolute atomic E-state index is 13.3. The third-order valence-corrected chi connectivity index (χ3v) is 6.70. The molecule has 2 heterocycles. The second-order valence-corrected chi connectivity index (χ2v) is 9.17. The van der Waals surface area contributed by atoms with Gasteiger partial charge in [-0.3, -0.25) is 14.5 Å². The van der Waals surface area contributed by atoms with E-state index in [1.807, 2.05) is 31.2 Å². The number of carbonyl (C=O) groups excluding carboxylic acids is 2. The molecule has 0 aliphatic carbocycles. The minimum Gasteiger partial charge on any atom is -0.507 e. The molecule has 1 atom stereocenters. The highest BCUT2D eigenvalue weighted by Gasteiger charge is 2.46. The standard InChI is InChI=1S/C29H36N2O6/c1-3-5-18-37-24-10-6-21(7-11-24)26-25(27(32)22-8-12-23(13-9-22)36-4-2)28(33)29(34)31(26)15-14-30-16-19-35-20-17-30/h6-13,26,32H,3-5,14-20H2,1-2H3/b27-25+. The first-order chi connectivity index (χ1) is 18.0. The van der Waals surface area contributed by atoms with Crippen LogP contribution in [0.15, 0.2) is 54.1 Å². The molecule has 2 aliphatic rings. The monoisotopic (exact) mass is 508 g/mol. The highest BCUT2D eigenvalue weighted by atomic mass is 16.5. The molecule has 1 N–H and O–H groups in total. The van der Waals surface area contributed by atoms with Gasteiger partial charge in [0.05, 0.1) is 38.0 Å². The van der Waals surface area contributed by atoms with E-state index in [0.29, 0.717) is 50.8 Å². The average molecular weight is 509 g/mol. The van der Waals surface area contributed by atoms with E-state index >= 15 is 0 Å². The van der Waals surface area contributed by atoms with Crippen LogP contribution < -0.4 is 9.47 Å². The number of likely N-dealkylation sites (tertiary alicyclic amines) is 1. The van der Waals surface area contributed by atoms with E-state index in [1.54, 1.807) is 29.2 Å². The largest absolute Gasteiger partial charge is 0.507 e. The lowest BCUT2D eigenvalue weighted by molar-refractivity contribution is -0.140. The van der Waals surface area contributed by atoms with Gasteiger partial charge in [-0.15, -0.1) is 0 Å². The smallest absolute Gasteiger partial charge is 0.295 e. The van der Waals surface area contributed by atoms with Crippen LogP contribution >= 0.6 is 0 Å². The van der Waals surface area contributed by atoms with Gasteiger partial charge in [0, 0.05) is 31.7 Å². The summed E-state index contributed by atoms with van der Waals surface area (Å²) < 4.78 is 16.7. The second kappa shape index (κ2) is 12.7. The van der Waals surface area contributed by atoms with E-state index in [0.717, 1.165) is 37.2 Å². The Balaban J connectivity index is 1.66. The van der Waals surface area contributed by atoms with Gasteiger partial charge in [0.1, 0.15) is 17.3 Å². The average Bonchev–Trinajstić information content (AvgIpc) is 3.18. The van der Waals surface area contributed by atoms with Crippen LogP contribution in [-0.2, 0) is 14.3 Å².